The van der Waals surface area contributed by atoms with Crippen LogP contribution in [0.25, 0.3) is 0 Å². The predicted octanol–water partition coefficient (Wildman–Crippen LogP) is 3.60. The summed E-state index contributed by atoms with van der Waals surface area (Å²) in [5, 5.41) is 8.91. The third-order valence-corrected chi connectivity index (χ3v) is 5.52. The largest absolute Gasteiger partial charge is 0.396 e. The zero-order valence-corrected chi connectivity index (χ0v) is 14.1. The van der Waals surface area contributed by atoms with Crippen LogP contribution in [0.5, 0.6) is 0 Å². The fourth-order valence-corrected chi connectivity index (χ4v) is 4.36. The molecule has 1 aromatic heterocycles. The first-order valence-corrected chi connectivity index (χ1v) is 8.96. The Morgan fingerprint density at radius 2 is 2.30 bits per heavy atom. The molecule has 2 heterocycles. The van der Waals surface area contributed by atoms with Crippen LogP contribution in [-0.4, -0.2) is 35.1 Å². The minimum absolute atomic E-state index is 0.228. The maximum atomic E-state index is 12.3. The van der Waals surface area contributed by atoms with E-state index in [-0.39, 0.29) is 6.61 Å². The molecular weight excluding hydrogens is 338 g/mol. The number of rotatable bonds is 7. The van der Waals surface area contributed by atoms with Crippen molar-refractivity contribution in [2.75, 3.05) is 13.2 Å². The lowest BCUT2D eigenvalue weighted by Gasteiger charge is -2.24. The minimum atomic E-state index is 0.228. The van der Waals surface area contributed by atoms with E-state index < -0.39 is 0 Å². The molecule has 3 nitrogen and oxygen atoms in total. The van der Waals surface area contributed by atoms with Gasteiger partial charge in [-0.2, -0.15) is 0 Å². The summed E-state index contributed by atoms with van der Waals surface area (Å²) in [6.45, 7) is 1.13. The van der Waals surface area contributed by atoms with E-state index in [9.17, 15) is 4.79 Å². The van der Waals surface area contributed by atoms with Gasteiger partial charge in [-0.05, 0) is 66.6 Å². The Kier molecular flexibility index (Phi) is 6.52. The number of hydrogen-bond donors (Lipinski definition) is 1. The lowest BCUT2D eigenvalue weighted by molar-refractivity contribution is -0.132. The smallest absolute Gasteiger partial charge is 0.222 e. The molecule has 1 unspecified atom stereocenters. The highest BCUT2D eigenvalue weighted by Crippen LogP contribution is 2.25. The van der Waals surface area contributed by atoms with Crippen LogP contribution in [0, 0.1) is 0 Å². The molecule has 0 spiro atoms. The van der Waals surface area contributed by atoms with Crippen molar-refractivity contribution in [2.45, 2.75) is 51.0 Å². The third-order valence-electron chi connectivity index (χ3n) is 3.84. The van der Waals surface area contributed by atoms with E-state index in [1.807, 2.05) is 4.90 Å². The highest BCUT2D eigenvalue weighted by molar-refractivity contribution is 9.11. The van der Waals surface area contributed by atoms with Crippen molar-refractivity contribution in [3.63, 3.8) is 0 Å². The van der Waals surface area contributed by atoms with Gasteiger partial charge in [0.1, 0.15) is 0 Å². The number of amides is 1. The minimum Gasteiger partial charge on any atom is -0.396 e. The van der Waals surface area contributed by atoms with E-state index >= 15 is 0 Å². The number of thiophene rings is 1. The van der Waals surface area contributed by atoms with Gasteiger partial charge in [-0.3, -0.25) is 4.79 Å². The van der Waals surface area contributed by atoms with Gasteiger partial charge in [-0.15, -0.1) is 11.3 Å². The number of halogens is 1. The van der Waals surface area contributed by atoms with E-state index in [1.165, 1.54) is 4.88 Å². The highest BCUT2D eigenvalue weighted by Gasteiger charge is 2.27. The molecule has 20 heavy (non-hydrogen) atoms. The van der Waals surface area contributed by atoms with Gasteiger partial charge in [-0.25, -0.2) is 0 Å². The Labute approximate surface area is 133 Å². The van der Waals surface area contributed by atoms with Crippen LogP contribution in [0.2, 0.25) is 0 Å². The second-order valence-electron chi connectivity index (χ2n) is 5.31. The van der Waals surface area contributed by atoms with Crippen molar-refractivity contribution in [2.24, 2.45) is 0 Å². The molecule has 1 atom stereocenters. The number of aryl methyl sites for hydroxylation is 1. The van der Waals surface area contributed by atoms with Gasteiger partial charge < -0.3 is 10.0 Å². The van der Waals surface area contributed by atoms with Crippen LogP contribution < -0.4 is 0 Å². The number of nitrogens with zero attached hydrogens (tertiary/aromatic N) is 1. The molecule has 1 fully saturated rings. The predicted molar refractivity (Wildman–Crippen MR) is 86.0 cm³/mol. The zero-order chi connectivity index (χ0) is 14.4. The summed E-state index contributed by atoms with van der Waals surface area (Å²) in [6, 6.07) is 4.55. The van der Waals surface area contributed by atoms with Gasteiger partial charge in [0, 0.05) is 30.5 Å². The molecule has 2 rings (SSSR count). The average molecular weight is 360 g/mol. The maximum absolute atomic E-state index is 12.3. The maximum Gasteiger partial charge on any atom is 0.222 e. The zero-order valence-electron chi connectivity index (χ0n) is 11.7. The summed E-state index contributed by atoms with van der Waals surface area (Å²) in [7, 11) is 0. The van der Waals surface area contributed by atoms with Gasteiger partial charge in [0.2, 0.25) is 5.91 Å². The van der Waals surface area contributed by atoms with Crippen molar-refractivity contribution >= 4 is 33.2 Å². The monoisotopic (exact) mass is 359 g/mol. The summed E-state index contributed by atoms with van der Waals surface area (Å²) in [6.07, 6.45) is 6.51. The topological polar surface area (TPSA) is 40.5 Å². The van der Waals surface area contributed by atoms with Crippen LogP contribution >= 0.6 is 27.3 Å². The Balaban J connectivity index is 1.73. The van der Waals surface area contributed by atoms with Crippen LogP contribution in [0.15, 0.2) is 15.9 Å². The van der Waals surface area contributed by atoms with Crippen molar-refractivity contribution < 1.29 is 9.90 Å². The van der Waals surface area contributed by atoms with Crippen LogP contribution in [0.1, 0.15) is 43.4 Å². The molecule has 5 heteroatoms. The SMILES string of the molecule is O=C(CCCc1ccc(Br)s1)N1CCCC1CCCO. The third kappa shape index (κ3) is 4.57. The van der Waals surface area contributed by atoms with Crippen LogP contribution in [0.4, 0.5) is 0 Å². The highest BCUT2D eigenvalue weighted by atomic mass is 79.9. The van der Waals surface area contributed by atoms with Crippen molar-refractivity contribution in [3.05, 3.63) is 20.8 Å². The summed E-state index contributed by atoms with van der Waals surface area (Å²) in [5.41, 5.74) is 0. The number of likely N-dealkylation sites (tertiary alicyclic amines) is 1. The van der Waals surface area contributed by atoms with Crippen molar-refractivity contribution in [1.82, 2.24) is 4.90 Å². The lowest BCUT2D eigenvalue weighted by Crippen LogP contribution is -2.35. The van der Waals surface area contributed by atoms with E-state index in [0.29, 0.717) is 18.4 Å². The average Bonchev–Trinajstić information content (AvgIpc) is 3.05. The van der Waals surface area contributed by atoms with Crippen molar-refractivity contribution in [1.29, 1.82) is 0 Å². The second kappa shape index (κ2) is 8.15. The van der Waals surface area contributed by atoms with E-state index in [0.717, 1.165) is 48.9 Å². The summed E-state index contributed by atoms with van der Waals surface area (Å²) >= 11 is 5.21. The van der Waals surface area contributed by atoms with Gasteiger partial charge in [-0.1, -0.05) is 0 Å². The van der Waals surface area contributed by atoms with E-state index in [2.05, 4.69) is 28.1 Å². The normalized spacial score (nSPS) is 18.7. The first-order valence-electron chi connectivity index (χ1n) is 7.35. The summed E-state index contributed by atoms with van der Waals surface area (Å²) in [5.74, 6) is 0.293. The van der Waals surface area contributed by atoms with Gasteiger partial charge >= 0.3 is 0 Å². The Hall–Kier alpha value is -0.390. The van der Waals surface area contributed by atoms with E-state index in [4.69, 9.17) is 5.11 Å². The van der Waals surface area contributed by atoms with Crippen molar-refractivity contribution in [3.8, 4) is 0 Å². The molecule has 1 aliphatic rings. The number of hydrogen-bond acceptors (Lipinski definition) is 3. The number of carbonyl (C=O) groups is 1. The molecule has 112 valence electrons. The Morgan fingerprint density at radius 1 is 1.45 bits per heavy atom. The summed E-state index contributed by atoms with van der Waals surface area (Å²) in [4.78, 5) is 15.6. The summed E-state index contributed by atoms with van der Waals surface area (Å²) < 4.78 is 1.16. The molecule has 1 N–H and O–H groups in total. The van der Waals surface area contributed by atoms with Gasteiger partial charge in [0.05, 0.1) is 3.79 Å². The Bertz CT molecular complexity index is 435. The molecule has 0 aliphatic carbocycles. The quantitative estimate of drug-likeness (QED) is 0.807. The Morgan fingerprint density at radius 3 is 3.00 bits per heavy atom. The molecule has 0 radical (unpaired) electrons. The molecular formula is C15H22BrNO2S. The fraction of sp³-hybridized carbons (Fsp3) is 0.667. The first kappa shape index (κ1) is 16.0. The van der Waals surface area contributed by atoms with Gasteiger partial charge in [0.15, 0.2) is 0 Å². The molecule has 1 aromatic rings. The molecule has 1 aliphatic heterocycles. The molecule has 1 amide bonds. The number of aliphatic hydroxyl groups excluding tert-OH is 1. The standard InChI is InChI=1S/C15H22BrNO2S/c16-14-9-8-13(20-14)6-1-7-15(19)17-10-2-4-12(17)5-3-11-18/h8-9,12,18H,1-7,10-11H2. The second-order valence-corrected chi connectivity index (χ2v) is 7.86. The molecule has 0 saturated carbocycles. The number of aliphatic hydroxyl groups is 1. The van der Waals surface area contributed by atoms with Crippen LogP contribution in [-0.2, 0) is 11.2 Å². The lowest BCUT2D eigenvalue weighted by atomic mass is 10.1. The number of carbonyl (C=O) groups excluding carboxylic acids is 1. The molecule has 1 saturated heterocycles. The molecule has 0 bridgehead atoms. The molecule has 0 aromatic carbocycles. The first-order chi connectivity index (χ1) is 9.70. The fourth-order valence-electron chi connectivity index (χ4n) is 2.83. The van der Waals surface area contributed by atoms with E-state index in [1.54, 1.807) is 11.3 Å². The van der Waals surface area contributed by atoms with Crippen LogP contribution in [0.3, 0.4) is 0 Å². The van der Waals surface area contributed by atoms with Gasteiger partial charge in [0.25, 0.3) is 0 Å².